The lowest BCUT2D eigenvalue weighted by atomic mass is 9.55. The molecule has 0 N–H and O–H groups in total. The number of benzene rings is 7. The van der Waals surface area contributed by atoms with Gasteiger partial charge >= 0.3 is 0 Å². The first-order valence-corrected chi connectivity index (χ1v) is 18.5. The van der Waals surface area contributed by atoms with Gasteiger partial charge in [0.05, 0.1) is 16.8 Å². The topological polar surface area (TPSA) is 26.0 Å². The van der Waals surface area contributed by atoms with Crippen LogP contribution in [0.3, 0.4) is 0 Å². The molecule has 0 saturated heterocycles. The minimum Gasteiger partial charge on any atom is -0.456 e. The molecule has 9 aromatic rings. The zero-order valence-electron chi connectivity index (χ0n) is 29.6. The Hall–Kier alpha value is -6.51. The van der Waals surface area contributed by atoms with Gasteiger partial charge in [-0.3, -0.25) is 0 Å². The molecule has 0 amide bonds. The Labute approximate surface area is 309 Å². The largest absolute Gasteiger partial charge is 0.456 e. The monoisotopic (exact) mass is 677 g/mol. The van der Waals surface area contributed by atoms with Crippen LogP contribution in [0.15, 0.2) is 180 Å². The van der Waals surface area contributed by atoms with Gasteiger partial charge in [-0.15, -0.1) is 0 Å². The quantitative estimate of drug-likeness (QED) is 0.186. The van der Waals surface area contributed by atoms with Crippen molar-refractivity contribution < 1.29 is 4.42 Å². The van der Waals surface area contributed by atoms with Crippen LogP contribution >= 0.6 is 0 Å². The molecule has 0 aliphatic heterocycles. The molecular formula is C51H35NO. The summed E-state index contributed by atoms with van der Waals surface area (Å²) in [6.45, 7) is 4.77. The Balaban J connectivity index is 1.17. The highest BCUT2D eigenvalue weighted by molar-refractivity contribution is 6.07. The van der Waals surface area contributed by atoms with Gasteiger partial charge in [-0.2, -0.15) is 0 Å². The van der Waals surface area contributed by atoms with Crippen LogP contribution in [0.4, 0.5) is 0 Å². The lowest BCUT2D eigenvalue weighted by molar-refractivity contribution is 0.562. The summed E-state index contributed by atoms with van der Waals surface area (Å²) < 4.78 is 6.81. The fourth-order valence-electron chi connectivity index (χ4n) is 9.50. The fourth-order valence-corrected chi connectivity index (χ4v) is 9.50. The van der Waals surface area contributed by atoms with Gasteiger partial charge in [-0.1, -0.05) is 147 Å². The van der Waals surface area contributed by atoms with E-state index in [0.29, 0.717) is 0 Å². The predicted octanol–water partition coefficient (Wildman–Crippen LogP) is 13.0. The van der Waals surface area contributed by atoms with Crippen molar-refractivity contribution in [2.45, 2.75) is 24.7 Å². The van der Waals surface area contributed by atoms with Crippen LogP contribution in [0.5, 0.6) is 0 Å². The van der Waals surface area contributed by atoms with Crippen LogP contribution < -0.4 is 0 Å². The van der Waals surface area contributed by atoms with E-state index in [1.165, 1.54) is 50.1 Å². The van der Waals surface area contributed by atoms with E-state index in [9.17, 15) is 0 Å². The molecule has 11 rings (SSSR count). The van der Waals surface area contributed by atoms with E-state index in [4.69, 9.17) is 9.40 Å². The molecule has 0 bridgehead atoms. The number of aromatic nitrogens is 1. The van der Waals surface area contributed by atoms with E-state index in [-0.39, 0.29) is 5.41 Å². The van der Waals surface area contributed by atoms with E-state index < -0.39 is 5.41 Å². The van der Waals surface area contributed by atoms with Crippen molar-refractivity contribution in [3.63, 3.8) is 0 Å². The molecule has 2 aliphatic rings. The third kappa shape index (κ3) is 4.18. The van der Waals surface area contributed by atoms with Crippen LogP contribution in [-0.4, -0.2) is 4.98 Å². The standard InChI is InChI=1S/C51H35NO/c1-50(2)42-23-13-14-24-43(42)51(40-21-11-9-19-36(40)37-20-10-12-22-41(37)51)45-31-49-39(30-44(45)50)38-27-34(25-26-48(38)53-49)47-29-35(32-15-5-3-6-16-32)28-46(52-47)33-17-7-4-8-18-33/h3-31H,1-2H3. The maximum atomic E-state index is 6.81. The molecule has 0 fully saturated rings. The summed E-state index contributed by atoms with van der Waals surface area (Å²) in [5.41, 5.74) is 18.1. The van der Waals surface area contributed by atoms with Crippen LogP contribution in [0, 0.1) is 0 Å². The van der Waals surface area contributed by atoms with Crippen LogP contribution in [-0.2, 0) is 10.8 Å². The SMILES string of the molecule is CC1(C)c2ccccc2C2(c3ccccc3-c3ccccc32)c2cc3oc4ccc(-c5cc(-c6ccccc6)cc(-c6ccccc6)n5)cc4c3cc21. The predicted molar refractivity (Wildman–Crippen MR) is 217 cm³/mol. The molecule has 53 heavy (non-hydrogen) atoms. The van der Waals surface area contributed by atoms with Gasteiger partial charge in [0.2, 0.25) is 0 Å². The molecule has 2 aliphatic carbocycles. The van der Waals surface area contributed by atoms with Gasteiger partial charge in [0, 0.05) is 27.3 Å². The van der Waals surface area contributed by atoms with Crippen molar-refractivity contribution in [2.75, 3.05) is 0 Å². The molecular weight excluding hydrogens is 643 g/mol. The Kier molecular flexibility index (Phi) is 6.25. The first-order chi connectivity index (χ1) is 26.0. The molecule has 0 radical (unpaired) electrons. The van der Waals surface area contributed by atoms with Crippen LogP contribution in [0.1, 0.15) is 47.2 Å². The number of fused-ring (bicyclic) bond motifs is 12. The maximum Gasteiger partial charge on any atom is 0.135 e. The highest BCUT2D eigenvalue weighted by atomic mass is 16.3. The van der Waals surface area contributed by atoms with E-state index >= 15 is 0 Å². The summed E-state index contributed by atoms with van der Waals surface area (Å²) >= 11 is 0. The highest BCUT2D eigenvalue weighted by Gasteiger charge is 2.53. The zero-order valence-corrected chi connectivity index (χ0v) is 29.6. The number of rotatable bonds is 3. The second-order valence-electron chi connectivity index (χ2n) is 15.1. The molecule has 0 atom stereocenters. The normalized spacial score (nSPS) is 14.5. The lowest BCUT2D eigenvalue weighted by Crippen LogP contribution is -2.40. The number of hydrogen-bond donors (Lipinski definition) is 0. The number of furan rings is 1. The van der Waals surface area contributed by atoms with Crippen molar-refractivity contribution in [3.8, 4) is 44.8 Å². The smallest absolute Gasteiger partial charge is 0.135 e. The second-order valence-corrected chi connectivity index (χ2v) is 15.1. The summed E-state index contributed by atoms with van der Waals surface area (Å²) in [6, 6.07) is 63.9. The van der Waals surface area contributed by atoms with E-state index in [1.807, 2.05) is 6.07 Å². The van der Waals surface area contributed by atoms with Gasteiger partial charge < -0.3 is 4.42 Å². The fraction of sp³-hybridized carbons (Fsp3) is 0.0784. The molecule has 2 heteroatoms. The maximum absolute atomic E-state index is 6.81. The van der Waals surface area contributed by atoms with Gasteiger partial charge in [-0.25, -0.2) is 4.98 Å². The first kappa shape index (κ1) is 30.1. The van der Waals surface area contributed by atoms with Crippen molar-refractivity contribution >= 4 is 21.9 Å². The summed E-state index contributed by atoms with van der Waals surface area (Å²) in [5.74, 6) is 0. The first-order valence-electron chi connectivity index (χ1n) is 18.5. The van der Waals surface area contributed by atoms with Gasteiger partial charge in [0.15, 0.2) is 0 Å². The molecule has 7 aromatic carbocycles. The Morgan fingerprint density at radius 3 is 1.60 bits per heavy atom. The molecule has 250 valence electrons. The minimum atomic E-state index is -0.456. The number of hydrogen-bond acceptors (Lipinski definition) is 2. The number of nitrogens with zero attached hydrogens (tertiary/aromatic N) is 1. The van der Waals surface area contributed by atoms with E-state index in [2.05, 4.69) is 184 Å². The van der Waals surface area contributed by atoms with Gasteiger partial charge in [0.1, 0.15) is 11.2 Å². The van der Waals surface area contributed by atoms with Crippen molar-refractivity contribution in [3.05, 3.63) is 209 Å². The van der Waals surface area contributed by atoms with Crippen molar-refractivity contribution in [1.82, 2.24) is 4.98 Å². The third-order valence-corrected chi connectivity index (χ3v) is 11.9. The minimum absolute atomic E-state index is 0.241. The Morgan fingerprint density at radius 2 is 0.925 bits per heavy atom. The van der Waals surface area contributed by atoms with Crippen LogP contribution in [0.25, 0.3) is 66.7 Å². The van der Waals surface area contributed by atoms with Crippen LogP contribution in [0.2, 0.25) is 0 Å². The lowest BCUT2D eigenvalue weighted by Gasteiger charge is -2.46. The average Bonchev–Trinajstić information content (AvgIpc) is 3.73. The number of pyridine rings is 1. The van der Waals surface area contributed by atoms with Gasteiger partial charge in [-0.05, 0) is 98.1 Å². The van der Waals surface area contributed by atoms with E-state index in [1.54, 1.807) is 0 Å². The Bertz CT molecular complexity index is 2810. The zero-order chi connectivity index (χ0) is 35.3. The molecule has 2 heterocycles. The van der Waals surface area contributed by atoms with E-state index in [0.717, 1.165) is 50.0 Å². The Morgan fingerprint density at radius 1 is 0.377 bits per heavy atom. The average molecular weight is 678 g/mol. The molecule has 0 unspecified atom stereocenters. The third-order valence-electron chi connectivity index (χ3n) is 11.9. The summed E-state index contributed by atoms with van der Waals surface area (Å²) in [4.78, 5) is 5.25. The molecule has 1 spiro atoms. The summed E-state index contributed by atoms with van der Waals surface area (Å²) in [5, 5.41) is 2.23. The second kappa shape index (κ2) is 11.0. The van der Waals surface area contributed by atoms with Crippen molar-refractivity contribution in [1.29, 1.82) is 0 Å². The molecule has 2 nitrogen and oxygen atoms in total. The van der Waals surface area contributed by atoms with Crippen molar-refractivity contribution in [2.24, 2.45) is 0 Å². The molecule has 0 saturated carbocycles. The molecule has 2 aromatic heterocycles. The van der Waals surface area contributed by atoms with Gasteiger partial charge in [0.25, 0.3) is 0 Å². The summed E-state index contributed by atoms with van der Waals surface area (Å²) in [7, 11) is 0. The summed E-state index contributed by atoms with van der Waals surface area (Å²) in [6.07, 6.45) is 0. The highest BCUT2D eigenvalue weighted by Crippen LogP contribution is 2.62.